The van der Waals surface area contributed by atoms with Crippen LogP contribution in [0.25, 0.3) is 0 Å². The molecule has 0 aliphatic heterocycles. The Balaban J connectivity index is 1.21. The van der Waals surface area contributed by atoms with Crippen molar-refractivity contribution in [3.63, 3.8) is 0 Å². The Hall–Kier alpha value is -1.19. The Kier molecular flexibility index (Phi) is 8.71. The molecular weight excluding hydrogens is 525 g/mol. The predicted octanol–water partition coefficient (Wildman–Crippen LogP) is 11.0. The van der Waals surface area contributed by atoms with Gasteiger partial charge in [-0.2, -0.15) is 0 Å². The molecule has 3 fully saturated rings. The van der Waals surface area contributed by atoms with Gasteiger partial charge in [-0.3, -0.25) is 5.32 Å². The van der Waals surface area contributed by atoms with Gasteiger partial charge in [-0.15, -0.1) is 0 Å². The smallest absolute Gasteiger partial charge is 0.411 e. The highest BCUT2D eigenvalue weighted by molar-refractivity contribution is 6.42. The zero-order valence-electron chi connectivity index (χ0n) is 24.7. The van der Waals surface area contributed by atoms with Crippen molar-refractivity contribution >= 4 is 35.0 Å². The fraction of sp³-hybridized carbons (Fsp3) is 0.735. The molecule has 4 aliphatic rings. The number of hydrogen-bond acceptors (Lipinski definition) is 2. The van der Waals surface area contributed by atoms with Gasteiger partial charge in [0.1, 0.15) is 6.10 Å². The first-order chi connectivity index (χ1) is 18.5. The molecule has 1 N–H and O–H groups in total. The number of anilines is 1. The van der Waals surface area contributed by atoms with Gasteiger partial charge >= 0.3 is 6.09 Å². The molecule has 0 spiro atoms. The van der Waals surface area contributed by atoms with E-state index in [4.69, 9.17) is 27.9 Å². The van der Waals surface area contributed by atoms with Crippen LogP contribution < -0.4 is 5.32 Å². The van der Waals surface area contributed by atoms with E-state index >= 15 is 0 Å². The summed E-state index contributed by atoms with van der Waals surface area (Å²) < 4.78 is 5.90. The lowest BCUT2D eigenvalue weighted by molar-refractivity contribution is -0.0577. The van der Waals surface area contributed by atoms with E-state index in [1.807, 2.05) is 0 Å². The van der Waals surface area contributed by atoms with Crippen LogP contribution in [0.1, 0.15) is 105 Å². The van der Waals surface area contributed by atoms with Crippen LogP contribution in [0.5, 0.6) is 0 Å². The Morgan fingerprint density at radius 2 is 1.82 bits per heavy atom. The van der Waals surface area contributed by atoms with Gasteiger partial charge in [0.15, 0.2) is 0 Å². The van der Waals surface area contributed by atoms with Gasteiger partial charge in [0, 0.05) is 12.1 Å². The second kappa shape index (κ2) is 11.6. The van der Waals surface area contributed by atoms with Crippen molar-refractivity contribution in [2.24, 2.45) is 46.3 Å². The van der Waals surface area contributed by atoms with Crippen molar-refractivity contribution in [3.05, 3.63) is 39.9 Å². The van der Waals surface area contributed by atoms with Crippen LogP contribution in [0.3, 0.4) is 0 Å². The lowest BCUT2D eigenvalue weighted by atomic mass is 9.47. The van der Waals surface area contributed by atoms with E-state index in [0.29, 0.717) is 21.1 Å². The second-order valence-electron chi connectivity index (χ2n) is 14.3. The number of hydrogen-bond donors (Lipinski definition) is 1. The molecule has 5 heteroatoms. The molecule has 8 atom stereocenters. The van der Waals surface area contributed by atoms with Crippen LogP contribution >= 0.6 is 23.2 Å². The van der Waals surface area contributed by atoms with Gasteiger partial charge < -0.3 is 4.74 Å². The van der Waals surface area contributed by atoms with Gasteiger partial charge in [-0.1, -0.05) is 88.7 Å². The quantitative estimate of drug-likeness (QED) is 0.329. The molecule has 0 unspecified atom stereocenters. The molecule has 0 saturated heterocycles. The second-order valence-corrected chi connectivity index (χ2v) is 15.1. The number of carbonyl (C=O) groups excluding carboxylic acids is 1. The molecular formula is C34H49Cl2NO2. The standard InChI is InChI=1S/C34H49Cl2NO2/c1-21(2)7-6-8-22(3)27-12-13-28-26-11-9-23-19-25(15-17-33(23,4)29(26)16-18-34(27,28)5)39-32(38)37-24-10-14-30(35)31(36)20-24/h9-10,14,20-22,25-29H,6-8,11-13,15-19H2,1-5H3,(H,37,38)/t22-,25+,26-,27-,28-,29-,33+,34-/m1/s1. The Morgan fingerprint density at radius 1 is 1.03 bits per heavy atom. The largest absolute Gasteiger partial charge is 0.446 e. The SMILES string of the molecule is CC(C)CCC[C@@H](C)[C@H]1CC[C@@H]2[C@H]3CC=C4C[C@@H](OC(=O)Nc5ccc(Cl)c(Cl)c5)CC[C@]4(C)[C@@H]3CC[C@@]21C. The molecule has 39 heavy (non-hydrogen) atoms. The minimum atomic E-state index is -0.413. The molecule has 1 aromatic rings. The lowest BCUT2D eigenvalue weighted by Crippen LogP contribution is -2.51. The summed E-state index contributed by atoms with van der Waals surface area (Å²) in [5.74, 6) is 5.03. The van der Waals surface area contributed by atoms with Crippen molar-refractivity contribution in [2.75, 3.05) is 5.32 Å². The third kappa shape index (κ3) is 5.78. The summed E-state index contributed by atoms with van der Waals surface area (Å²) in [6.45, 7) is 12.5. The number of allylic oxidation sites excluding steroid dienone is 1. The number of carbonyl (C=O) groups is 1. The molecule has 5 rings (SSSR count). The molecule has 0 bridgehead atoms. The summed E-state index contributed by atoms with van der Waals surface area (Å²) >= 11 is 12.1. The molecule has 0 aromatic heterocycles. The Labute approximate surface area is 246 Å². The van der Waals surface area contributed by atoms with Crippen LogP contribution in [-0.4, -0.2) is 12.2 Å². The highest BCUT2D eigenvalue weighted by atomic mass is 35.5. The van der Waals surface area contributed by atoms with Crippen LogP contribution in [0.15, 0.2) is 29.8 Å². The van der Waals surface area contributed by atoms with Gasteiger partial charge in [0.25, 0.3) is 0 Å². The maximum Gasteiger partial charge on any atom is 0.411 e. The number of nitrogens with one attached hydrogen (secondary N) is 1. The van der Waals surface area contributed by atoms with E-state index in [9.17, 15) is 4.79 Å². The van der Waals surface area contributed by atoms with E-state index in [-0.39, 0.29) is 11.5 Å². The van der Waals surface area contributed by atoms with Crippen LogP contribution in [0.2, 0.25) is 10.0 Å². The molecule has 3 nitrogen and oxygen atoms in total. The molecule has 1 amide bonds. The summed E-state index contributed by atoms with van der Waals surface area (Å²) in [6, 6.07) is 5.09. The number of ether oxygens (including phenoxy) is 1. The van der Waals surface area contributed by atoms with E-state index in [1.54, 1.807) is 23.8 Å². The summed E-state index contributed by atoms with van der Waals surface area (Å²) in [6.07, 6.45) is 16.0. The zero-order valence-corrected chi connectivity index (χ0v) is 26.2. The highest BCUT2D eigenvalue weighted by Gasteiger charge is 2.59. The lowest BCUT2D eigenvalue weighted by Gasteiger charge is -2.58. The topological polar surface area (TPSA) is 38.3 Å². The molecule has 3 saturated carbocycles. The minimum Gasteiger partial charge on any atom is -0.446 e. The van der Waals surface area contributed by atoms with E-state index in [2.05, 4.69) is 46.0 Å². The van der Waals surface area contributed by atoms with Crippen LogP contribution in [-0.2, 0) is 4.74 Å². The molecule has 4 aliphatic carbocycles. The third-order valence-corrected chi connectivity index (χ3v) is 12.4. The van der Waals surface area contributed by atoms with Crippen molar-refractivity contribution in [2.45, 2.75) is 111 Å². The molecule has 216 valence electrons. The van der Waals surface area contributed by atoms with Crippen molar-refractivity contribution in [3.8, 4) is 0 Å². The molecule has 0 radical (unpaired) electrons. The summed E-state index contributed by atoms with van der Waals surface area (Å²) in [4.78, 5) is 12.7. The summed E-state index contributed by atoms with van der Waals surface area (Å²) in [5, 5.41) is 3.71. The van der Waals surface area contributed by atoms with Crippen LogP contribution in [0.4, 0.5) is 10.5 Å². The minimum absolute atomic E-state index is 0.0694. The number of amides is 1. The van der Waals surface area contributed by atoms with Gasteiger partial charge in [-0.05, 0) is 109 Å². The van der Waals surface area contributed by atoms with Crippen molar-refractivity contribution in [1.29, 1.82) is 0 Å². The van der Waals surface area contributed by atoms with Gasteiger partial charge in [0.05, 0.1) is 10.0 Å². The average molecular weight is 575 g/mol. The predicted molar refractivity (Wildman–Crippen MR) is 163 cm³/mol. The fourth-order valence-electron chi connectivity index (χ4n) is 9.63. The first kappa shape index (κ1) is 29.3. The average Bonchev–Trinajstić information content (AvgIpc) is 3.23. The van der Waals surface area contributed by atoms with E-state index < -0.39 is 6.09 Å². The first-order valence-corrected chi connectivity index (χ1v) is 16.4. The first-order valence-electron chi connectivity index (χ1n) is 15.6. The summed E-state index contributed by atoms with van der Waals surface area (Å²) in [5.41, 5.74) is 2.92. The summed E-state index contributed by atoms with van der Waals surface area (Å²) in [7, 11) is 0. The van der Waals surface area contributed by atoms with E-state index in [1.165, 1.54) is 51.4 Å². The van der Waals surface area contributed by atoms with Crippen molar-refractivity contribution in [1.82, 2.24) is 0 Å². The Morgan fingerprint density at radius 3 is 2.56 bits per heavy atom. The third-order valence-electron chi connectivity index (χ3n) is 11.7. The van der Waals surface area contributed by atoms with Gasteiger partial charge in [0.2, 0.25) is 0 Å². The molecule has 1 aromatic carbocycles. The Bertz CT molecular complexity index is 1080. The fourth-order valence-corrected chi connectivity index (χ4v) is 9.92. The number of benzene rings is 1. The van der Waals surface area contributed by atoms with Gasteiger partial charge in [-0.25, -0.2) is 4.79 Å². The van der Waals surface area contributed by atoms with Crippen LogP contribution in [0, 0.1) is 46.3 Å². The number of fused-ring (bicyclic) bond motifs is 5. The highest BCUT2D eigenvalue weighted by Crippen LogP contribution is 2.67. The molecule has 0 heterocycles. The number of halogens is 2. The monoisotopic (exact) mass is 573 g/mol. The number of rotatable bonds is 7. The van der Waals surface area contributed by atoms with E-state index in [0.717, 1.165) is 54.8 Å². The van der Waals surface area contributed by atoms with Crippen molar-refractivity contribution < 1.29 is 9.53 Å². The normalized spacial score (nSPS) is 36.4. The zero-order chi connectivity index (χ0) is 27.9. The maximum atomic E-state index is 12.7. The maximum absolute atomic E-state index is 12.7.